The number of halogens is 1. The molecular formula is C21H19FN2O2. The minimum Gasteiger partial charge on any atom is -0.376 e. The van der Waals surface area contributed by atoms with Gasteiger partial charge in [-0.05, 0) is 42.0 Å². The Labute approximate surface area is 151 Å². The lowest BCUT2D eigenvalue weighted by atomic mass is 9.98. The van der Waals surface area contributed by atoms with Gasteiger partial charge in [0, 0.05) is 18.2 Å². The molecule has 0 aliphatic carbocycles. The molecule has 1 amide bonds. The molecule has 0 saturated carbocycles. The van der Waals surface area contributed by atoms with Crippen LogP contribution < -0.4 is 5.32 Å². The lowest BCUT2D eigenvalue weighted by Crippen LogP contribution is -2.36. The highest BCUT2D eigenvalue weighted by atomic mass is 19.1. The van der Waals surface area contributed by atoms with Gasteiger partial charge in [-0.15, -0.1) is 0 Å². The van der Waals surface area contributed by atoms with E-state index >= 15 is 0 Å². The smallest absolute Gasteiger partial charge is 0.271 e. The van der Waals surface area contributed by atoms with E-state index in [2.05, 4.69) is 10.3 Å². The fourth-order valence-corrected chi connectivity index (χ4v) is 3.44. The van der Waals surface area contributed by atoms with Crippen molar-refractivity contribution < 1.29 is 13.9 Å². The number of nitrogens with one attached hydrogen (secondary N) is 1. The first kappa shape index (κ1) is 16.7. The summed E-state index contributed by atoms with van der Waals surface area (Å²) in [4.78, 5) is 17.2. The molecule has 3 aromatic rings. The molecule has 2 unspecified atom stereocenters. The number of carbonyl (C=O) groups is 1. The van der Waals surface area contributed by atoms with Gasteiger partial charge in [-0.2, -0.15) is 0 Å². The van der Waals surface area contributed by atoms with Crippen molar-refractivity contribution in [1.29, 1.82) is 0 Å². The van der Waals surface area contributed by atoms with Crippen molar-refractivity contribution in [3.8, 4) is 0 Å². The highest BCUT2D eigenvalue weighted by molar-refractivity contribution is 6.05. The number of nitrogens with zero attached hydrogens (tertiary/aromatic N) is 1. The number of fused-ring (bicyclic) bond motifs is 1. The molecule has 0 radical (unpaired) electrons. The highest BCUT2D eigenvalue weighted by Crippen LogP contribution is 2.28. The minimum atomic E-state index is -0.341. The van der Waals surface area contributed by atoms with Crippen LogP contribution in [0.5, 0.6) is 0 Å². The van der Waals surface area contributed by atoms with Gasteiger partial charge in [-0.3, -0.25) is 9.78 Å². The molecule has 0 spiro atoms. The molecule has 2 heterocycles. The second-order valence-electron chi connectivity index (χ2n) is 6.43. The van der Waals surface area contributed by atoms with Gasteiger partial charge in [0.05, 0.1) is 12.1 Å². The summed E-state index contributed by atoms with van der Waals surface area (Å²) in [6.45, 7) is 0.671. The van der Waals surface area contributed by atoms with Crippen LogP contribution >= 0.6 is 0 Å². The van der Waals surface area contributed by atoms with Gasteiger partial charge in [0.1, 0.15) is 11.5 Å². The Morgan fingerprint density at radius 1 is 1.15 bits per heavy atom. The van der Waals surface area contributed by atoms with Crippen molar-refractivity contribution in [3.63, 3.8) is 0 Å². The van der Waals surface area contributed by atoms with E-state index in [1.54, 1.807) is 18.3 Å². The van der Waals surface area contributed by atoms with Crippen LogP contribution in [0.4, 0.5) is 4.39 Å². The van der Waals surface area contributed by atoms with Crippen LogP contribution in [0.25, 0.3) is 10.8 Å². The van der Waals surface area contributed by atoms with E-state index in [-0.39, 0.29) is 23.9 Å². The van der Waals surface area contributed by atoms with E-state index in [4.69, 9.17) is 4.74 Å². The Morgan fingerprint density at radius 2 is 1.96 bits per heavy atom. The van der Waals surface area contributed by atoms with E-state index in [0.29, 0.717) is 12.3 Å². The van der Waals surface area contributed by atoms with Gasteiger partial charge >= 0.3 is 0 Å². The number of benzene rings is 2. The molecule has 1 N–H and O–H groups in total. The first-order chi connectivity index (χ1) is 12.7. The van der Waals surface area contributed by atoms with Crippen LogP contribution in [0.1, 0.15) is 34.9 Å². The third-order valence-corrected chi connectivity index (χ3v) is 4.74. The Balaban J connectivity index is 1.66. The summed E-state index contributed by atoms with van der Waals surface area (Å²) >= 11 is 0. The maximum absolute atomic E-state index is 13.3. The van der Waals surface area contributed by atoms with Crippen molar-refractivity contribution in [2.24, 2.45) is 0 Å². The van der Waals surface area contributed by atoms with Crippen LogP contribution in [-0.4, -0.2) is 23.6 Å². The number of hydrogen-bond donors (Lipinski definition) is 1. The molecule has 0 bridgehead atoms. The fourth-order valence-electron chi connectivity index (χ4n) is 3.44. The number of aromatic nitrogens is 1. The Morgan fingerprint density at radius 3 is 2.73 bits per heavy atom. The lowest BCUT2D eigenvalue weighted by molar-refractivity contribution is 0.0670. The normalized spacial score (nSPS) is 18.0. The maximum Gasteiger partial charge on any atom is 0.271 e. The molecule has 1 aliphatic rings. The highest BCUT2D eigenvalue weighted by Gasteiger charge is 2.29. The van der Waals surface area contributed by atoms with E-state index in [9.17, 15) is 9.18 Å². The molecule has 4 rings (SSSR count). The zero-order chi connectivity index (χ0) is 17.9. The third-order valence-electron chi connectivity index (χ3n) is 4.74. The molecule has 2 atom stereocenters. The second kappa shape index (κ2) is 7.22. The van der Waals surface area contributed by atoms with Crippen molar-refractivity contribution in [2.45, 2.75) is 25.0 Å². The predicted molar refractivity (Wildman–Crippen MR) is 97.3 cm³/mol. The second-order valence-corrected chi connectivity index (χ2v) is 6.43. The molecule has 2 aromatic carbocycles. The van der Waals surface area contributed by atoms with E-state index < -0.39 is 0 Å². The number of rotatable bonds is 4. The summed E-state index contributed by atoms with van der Waals surface area (Å²) in [6.07, 6.45) is 3.31. The van der Waals surface area contributed by atoms with Crippen molar-refractivity contribution >= 4 is 16.7 Å². The van der Waals surface area contributed by atoms with E-state index in [0.717, 1.165) is 29.2 Å². The predicted octanol–water partition coefficient (Wildman–Crippen LogP) is 4.02. The quantitative estimate of drug-likeness (QED) is 0.773. The SMILES string of the molecule is O=C(NC(c1ccc(F)cc1)C1CCCO1)c1nccc2ccccc12. The topological polar surface area (TPSA) is 51.2 Å². The summed E-state index contributed by atoms with van der Waals surface area (Å²) in [5.74, 6) is -0.562. The monoisotopic (exact) mass is 350 g/mol. The first-order valence-electron chi connectivity index (χ1n) is 8.74. The van der Waals surface area contributed by atoms with Crippen molar-refractivity contribution in [2.75, 3.05) is 6.61 Å². The first-order valence-corrected chi connectivity index (χ1v) is 8.74. The molecule has 26 heavy (non-hydrogen) atoms. The van der Waals surface area contributed by atoms with Gasteiger partial charge in [0.15, 0.2) is 0 Å². The van der Waals surface area contributed by atoms with Crippen LogP contribution in [0, 0.1) is 5.82 Å². The zero-order valence-corrected chi connectivity index (χ0v) is 14.2. The van der Waals surface area contributed by atoms with Crippen molar-refractivity contribution in [1.82, 2.24) is 10.3 Å². The molecule has 1 fully saturated rings. The van der Waals surface area contributed by atoms with Crippen LogP contribution in [0.2, 0.25) is 0 Å². The standard InChI is InChI=1S/C21H19FN2O2/c22-16-9-7-15(8-10-16)19(18-6-3-13-26-18)24-21(25)20-17-5-2-1-4-14(17)11-12-23-20/h1-2,4-5,7-12,18-19H,3,6,13H2,(H,24,25). The van der Waals surface area contributed by atoms with Crippen molar-refractivity contribution in [3.05, 3.63) is 77.9 Å². The van der Waals surface area contributed by atoms with Gasteiger partial charge in [-0.25, -0.2) is 4.39 Å². The Hall–Kier alpha value is -2.79. The van der Waals surface area contributed by atoms with Crippen LogP contribution in [0.15, 0.2) is 60.8 Å². The lowest BCUT2D eigenvalue weighted by Gasteiger charge is -2.25. The third kappa shape index (κ3) is 3.30. The molecule has 1 aromatic heterocycles. The molecule has 4 nitrogen and oxygen atoms in total. The van der Waals surface area contributed by atoms with Gasteiger partial charge in [-0.1, -0.05) is 36.4 Å². The summed E-state index contributed by atoms with van der Waals surface area (Å²) < 4.78 is 19.1. The number of amides is 1. The molecular weight excluding hydrogens is 331 g/mol. The Kier molecular flexibility index (Phi) is 4.63. The average Bonchev–Trinajstić information content (AvgIpc) is 3.21. The largest absolute Gasteiger partial charge is 0.376 e. The van der Waals surface area contributed by atoms with Gasteiger partial charge in [0.2, 0.25) is 0 Å². The van der Waals surface area contributed by atoms with E-state index in [1.165, 1.54) is 12.1 Å². The molecule has 132 valence electrons. The number of ether oxygens (including phenoxy) is 1. The van der Waals surface area contributed by atoms with E-state index in [1.807, 2.05) is 30.3 Å². The van der Waals surface area contributed by atoms with Crippen LogP contribution in [0.3, 0.4) is 0 Å². The summed E-state index contributed by atoms with van der Waals surface area (Å²) in [5.41, 5.74) is 1.21. The summed E-state index contributed by atoms with van der Waals surface area (Å²) in [5, 5.41) is 4.82. The zero-order valence-electron chi connectivity index (χ0n) is 14.2. The average molecular weight is 350 g/mol. The molecule has 1 saturated heterocycles. The van der Waals surface area contributed by atoms with Gasteiger partial charge < -0.3 is 10.1 Å². The summed E-state index contributed by atoms with van der Waals surface area (Å²) in [7, 11) is 0. The fraction of sp³-hybridized carbons (Fsp3) is 0.238. The minimum absolute atomic E-state index is 0.126. The molecule has 5 heteroatoms. The number of carbonyl (C=O) groups excluding carboxylic acids is 1. The Bertz CT molecular complexity index is 915. The summed E-state index contributed by atoms with van der Waals surface area (Å²) in [6, 6.07) is 15.4. The molecule has 1 aliphatic heterocycles. The maximum atomic E-state index is 13.3. The van der Waals surface area contributed by atoms with Crippen LogP contribution in [-0.2, 0) is 4.74 Å². The van der Waals surface area contributed by atoms with Gasteiger partial charge in [0.25, 0.3) is 5.91 Å². The number of hydrogen-bond acceptors (Lipinski definition) is 3. The number of pyridine rings is 1.